The SMILES string of the molecule is CC(C)CCNC(=O)CNCCc1ccc(F)cc1. The summed E-state index contributed by atoms with van der Waals surface area (Å²) in [4.78, 5) is 11.5. The first-order valence-corrected chi connectivity index (χ1v) is 6.80. The Morgan fingerprint density at radius 3 is 2.53 bits per heavy atom. The van der Waals surface area contributed by atoms with Gasteiger partial charge in [-0.15, -0.1) is 0 Å². The Kier molecular flexibility index (Phi) is 7.11. The Hall–Kier alpha value is -1.42. The van der Waals surface area contributed by atoms with Gasteiger partial charge in [0.2, 0.25) is 5.91 Å². The van der Waals surface area contributed by atoms with Crippen LogP contribution in [-0.2, 0) is 11.2 Å². The summed E-state index contributed by atoms with van der Waals surface area (Å²) in [6.45, 7) is 6.04. The van der Waals surface area contributed by atoms with Crippen LogP contribution in [0.15, 0.2) is 24.3 Å². The first kappa shape index (κ1) is 15.6. The van der Waals surface area contributed by atoms with Crippen LogP contribution in [0.25, 0.3) is 0 Å². The van der Waals surface area contributed by atoms with Crippen LogP contribution in [0.3, 0.4) is 0 Å². The van der Waals surface area contributed by atoms with Gasteiger partial charge in [-0.1, -0.05) is 26.0 Å². The third-order valence-corrected chi connectivity index (χ3v) is 2.83. The Balaban J connectivity index is 2.07. The van der Waals surface area contributed by atoms with Crippen molar-refractivity contribution in [2.24, 2.45) is 5.92 Å². The van der Waals surface area contributed by atoms with E-state index in [1.165, 1.54) is 12.1 Å². The number of carbonyl (C=O) groups excluding carboxylic acids is 1. The number of halogens is 1. The maximum Gasteiger partial charge on any atom is 0.233 e. The van der Waals surface area contributed by atoms with E-state index in [1.807, 2.05) is 0 Å². The van der Waals surface area contributed by atoms with Gasteiger partial charge >= 0.3 is 0 Å². The highest BCUT2D eigenvalue weighted by atomic mass is 19.1. The van der Waals surface area contributed by atoms with Gasteiger partial charge in [-0.25, -0.2) is 4.39 Å². The summed E-state index contributed by atoms with van der Waals surface area (Å²) in [5.41, 5.74) is 1.06. The van der Waals surface area contributed by atoms with Crippen molar-refractivity contribution in [3.63, 3.8) is 0 Å². The fourth-order valence-corrected chi connectivity index (χ4v) is 1.65. The lowest BCUT2D eigenvalue weighted by Crippen LogP contribution is -2.35. The minimum atomic E-state index is -0.221. The van der Waals surface area contributed by atoms with Gasteiger partial charge in [0.25, 0.3) is 0 Å². The predicted octanol–water partition coefficient (Wildman–Crippen LogP) is 2.12. The highest BCUT2D eigenvalue weighted by Gasteiger charge is 2.01. The standard InChI is InChI=1S/C15H23FN2O/c1-12(2)7-10-18-15(19)11-17-9-8-13-3-5-14(16)6-4-13/h3-6,12,17H,7-11H2,1-2H3,(H,18,19). The van der Waals surface area contributed by atoms with Gasteiger partial charge in [0.05, 0.1) is 6.54 Å². The first-order chi connectivity index (χ1) is 9.08. The van der Waals surface area contributed by atoms with Crippen LogP contribution in [0.5, 0.6) is 0 Å². The average molecular weight is 266 g/mol. The number of carbonyl (C=O) groups is 1. The van der Waals surface area contributed by atoms with Crippen molar-refractivity contribution in [3.05, 3.63) is 35.6 Å². The van der Waals surface area contributed by atoms with E-state index >= 15 is 0 Å². The number of amides is 1. The first-order valence-electron chi connectivity index (χ1n) is 6.80. The predicted molar refractivity (Wildman–Crippen MR) is 75.4 cm³/mol. The van der Waals surface area contributed by atoms with Crippen molar-refractivity contribution in [3.8, 4) is 0 Å². The molecule has 3 nitrogen and oxygen atoms in total. The molecule has 2 N–H and O–H groups in total. The lowest BCUT2D eigenvalue weighted by atomic mass is 10.1. The Morgan fingerprint density at radius 1 is 1.21 bits per heavy atom. The zero-order chi connectivity index (χ0) is 14.1. The van der Waals surface area contributed by atoms with Crippen molar-refractivity contribution >= 4 is 5.91 Å². The van der Waals surface area contributed by atoms with Gasteiger partial charge in [0, 0.05) is 6.54 Å². The van der Waals surface area contributed by atoms with Gasteiger partial charge in [-0.2, -0.15) is 0 Å². The van der Waals surface area contributed by atoms with Crippen LogP contribution in [0.2, 0.25) is 0 Å². The highest BCUT2D eigenvalue weighted by Crippen LogP contribution is 2.02. The normalized spacial score (nSPS) is 10.7. The van der Waals surface area contributed by atoms with Crippen LogP contribution >= 0.6 is 0 Å². The molecule has 106 valence electrons. The molecule has 0 aliphatic heterocycles. The van der Waals surface area contributed by atoms with Crippen molar-refractivity contribution in [1.29, 1.82) is 0 Å². The Labute approximate surface area is 114 Å². The lowest BCUT2D eigenvalue weighted by Gasteiger charge is -2.08. The Bertz CT molecular complexity index is 376. The third-order valence-electron chi connectivity index (χ3n) is 2.83. The van der Waals surface area contributed by atoms with Gasteiger partial charge in [0.15, 0.2) is 0 Å². The summed E-state index contributed by atoms with van der Waals surface area (Å²) >= 11 is 0. The molecule has 1 rings (SSSR count). The largest absolute Gasteiger partial charge is 0.355 e. The number of benzene rings is 1. The smallest absolute Gasteiger partial charge is 0.233 e. The maximum absolute atomic E-state index is 12.7. The second kappa shape index (κ2) is 8.64. The molecule has 0 saturated heterocycles. The van der Waals surface area contributed by atoms with Crippen LogP contribution in [0.1, 0.15) is 25.8 Å². The molecule has 0 bridgehead atoms. The van der Waals surface area contributed by atoms with E-state index < -0.39 is 0 Å². The van der Waals surface area contributed by atoms with E-state index in [9.17, 15) is 9.18 Å². The molecule has 0 unspecified atom stereocenters. The molecule has 1 aromatic rings. The zero-order valence-electron chi connectivity index (χ0n) is 11.7. The molecule has 0 aliphatic carbocycles. The van der Waals surface area contributed by atoms with Crippen molar-refractivity contribution in [2.75, 3.05) is 19.6 Å². The summed E-state index contributed by atoms with van der Waals surface area (Å²) in [7, 11) is 0. The monoisotopic (exact) mass is 266 g/mol. The average Bonchev–Trinajstić information content (AvgIpc) is 2.36. The number of hydrogen-bond donors (Lipinski definition) is 2. The molecule has 0 heterocycles. The fourth-order valence-electron chi connectivity index (χ4n) is 1.65. The lowest BCUT2D eigenvalue weighted by molar-refractivity contribution is -0.120. The van der Waals surface area contributed by atoms with E-state index in [4.69, 9.17) is 0 Å². The number of rotatable bonds is 8. The molecule has 0 radical (unpaired) electrons. The summed E-state index contributed by atoms with van der Waals surface area (Å²) in [5.74, 6) is 0.410. The van der Waals surface area contributed by atoms with Gasteiger partial charge in [-0.05, 0) is 43.0 Å². The van der Waals surface area contributed by atoms with E-state index in [0.717, 1.165) is 24.9 Å². The van der Waals surface area contributed by atoms with E-state index in [1.54, 1.807) is 12.1 Å². The summed E-state index contributed by atoms with van der Waals surface area (Å²) in [5, 5.41) is 5.95. The molecule has 0 spiro atoms. The van der Waals surface area contributed by atoms with Crippen LogP contribution in [0, 0.1) is 11.7 Å². The molecule has 1 aromatic carbocycles. The highest BCUT2D eigenvalue weighted by molar-refractivity contribution is 5.77. The minimum absolute atomic E-state index is 0.0276. The molecule has 4 heteroatoms. The van der Waals surface area contributed by atoms with Gasteiger partial charge in [0.1, 0.15) is 5.82 Å². The quantitative estimate of drug-likeness (QED) is 0.708. The zero-order valence-corrected chi connectivity index (χ0v) is 11.7. The van der Waals surface area contributed by atoms with Gasteiger partial charge < -0.3 is 10.6 Å². The molecular weight excluding hydrogens is 243 g/mol. The van der Waals surface area contributed by atoms with E-state index in [-0.39, 0.29) is 11.7 Å². The maximum atomic E-state index is 12.7. The fraction of sp³-hybridized carbons (Fsp3) is 0.533. The topological polar surface area (TPSA) is 41.1 Å². The molecule has 0 saturated carbocycles. The second-order valence-corrected chi connectivity index (χ2v) is 5.09. The molecule has 0 fully saturated rings. The molecule has 19 heavy (non-hydrogen) atoms. The summed E-state index contributed by atoms with van der Waals surface area (Å²) in [6, 6.07) is 6.43. The van der Waals surface area contributed by atoms with Crippen LogP contribution < -0.4 is 10.6 Å². The third kappa shape index (κ3) is 7.57. The second-order valence-electron chi connectivity index (χ2n) is 5.09. The molecule has 0 atom stereocenters. The Morgan fingerprint density at radius 2 is 1.89 bits per heavy atom. The van der Waals surface area contributed by atoms with Crippen molar-refractivity contribution in [1.82, 2.24) is 10.6 Å². The van der Waals surface area contributed by atoms with Crippen molar-refractivity contribution in [2.45, 2.75) is 26.7 Å². The van der Waals surface area contributed by atoms with Crippen LogP contribution in [-0.4, -0.2) is 25.5 Å². The van der Waals surface area contributed by atoms with Crippen molar-refractivity contribution < 1.29 is 9.18 Å². The minimum Gasteiger partial charge on any atom is -0.355 e. The summed E-state index contributed by atoms with van der Waals surface area (Å²) < 4.78 is 12.7. The molecular formula is C15H23FN2O. The van der Waals surface area contributed by atoms with Crippen LogP contribution in [0.4, 0.5) is 4.39 Å². The molecule has 0 aliphatic rings. The van der Waals surface area contributed by atoms with E-state index in [0.29, 0.717) is 19.0 Å². The summed E-state index contributed by atoms with van der Waals surface area (Å²) in [6.07, 6.45) is 1.79. The van der Waals surface area contributed by atoms with E-state index in [2.05, 4.69) is 24.5 Å². The van der Waals surface area contributed by atoms with Gasteiger partial charge in [-0.3, -0.25) is 4.79 Å². The molecule has 0 aromatic heterocycles. The number of hydrogen-bond acceptors (Lipinski definition) is 2. The number of nitrogens with one attached hydrogen (secondary N) is 2. The molecule has 1 amide bonds.